The SMILES string of the molecule is CCOC(=O)N1c2ccc(C(F)(F)F)cc2C(NCc2cc(C(F)(F)F)c(C(C)=O)c(C(F)(F)F)c2)CC1C. The summed E-state index contributed by atoms with van der Waals surface area (Å²) in [5.41, 5.74) is -6.60. The molecule has 2 aromatic carbocycles. The number of rotatable bonds is 5. The van der Waals surface area contributed by atoms with Crippen molar-refractivity contribution in [3.8, 4) is 0 Å². The van der Waals surface area contributed by atoms with Crippen molar-refractivity contribution in [2.75, 3.05) is 11.5 Å². The average molecular weight is 570 g/mol. The van der Waals surface area contributed by atoms with Crippen molar-refractivity contribution in [1.82, 2.24) is 5.32 Å². The van der Waals surface area contributed by atoms with Crippen LogP contribution in [0.3, 0.4) is 0 Å². The Kier molecular flexibility index (Phi) is 8.30. The molecule has 3 rings (SSSR count). The lowest BCUT2D eigenvalue weighted by Crippen LogP contribution is -2.45. The molecule has 1 N–H and O–H groups in total. The van der Waals surface area contributed by atoms with Gasteiger partial charge in [-0.15, -0.1) is 0 Å². The lowest BCUT2D eigenvalue weighted by Gasteiger charge is -2.39. The Morgan fingerprint density at radius 2 is 1.51 bits per heavy atom. The number of nitrogens with zero attached hydrogens (tertiary/aromatic N) is 1. The molecule has 0 bridgehead atoms. The largest absolute Gasteiger partial charge is 0.449 e. The zero-order valence-corrected chi connectivity index (χ0v) is 20.7. The first-order valence-corrected chi connectivity index (χ1v) is 11.6. The number of fused-ring (bicyclic) bond motifs is 1. The number of Topliss-reactive ketones (excluding diaryl/α,β-unsaturated/α-hetero) is 1. The number of ketones is 1. The van der Waals surface area contributed by atoms with Crippen LogP contribution >= 0.6 is 0 Å². The molecule has 0 aromatic heterocycles. The lowest BCUT2D eigenvalue weighted by atomic mass is 9.90. The van der Waals surface area contributed by atoms with Crippen LogP contribution in [-0.2, 0) is 29.8 Å². The Bertz CT molecular complexity index is 1220. The van der Waals surface area contributed by atoms with E-state index >= 15 is 0 Å². The van der Waals surface area contributed by atoms with Crippen molar-refractivity contribution < 1.29 is 53.8 Å². The van der Waals surface area contributed by atoms with Gasteiger partial charge in [0, 0.05) is 24.2 Å². The minimum Gasteiger partial charge on any atom is -0.449 e. The number of alkyl halides is 9. The van der Waals surface area contributed by atoms with E-state index in [-0.39, 0.29) is 24.3 Å². The van der Waals surface area contributed by atoms with Crippen LogP contribution in [0.25, 0.3) is 0 Å². The number of hydrogen-bond donors (Lipinski definition) is 1. The van der Waals surface area contributed by atoms with Crippen molar-refractivity contribution >= 4 is 17.6 Å². The minimum atomic E-state index is -5.29. The van der Waals surface area contributed by atoms with Gasteiger partial charge in [-0.25, -0.2) is 4.79 Å². The average Bonchev–Trinajstić information content (AvgIpc) is 2.79. The van der Waals surface area contributed by atoms with Crippen LogP contribution < -0.4 is 10.2 Å². The number of anilines is 1. The fourth-order valence-corrected chi connectivity index (χ4v) is 4.58. The molecular formula is C25H23F9N2O3. The number of amides is 1. The first kappa shape index (κ1) is 30.3. The molecule has 0 saturated carbocycles. The summed E-state index contributed by atoms with van der Waals surface area (Å²) in [5.74, 6) is -1.43. The number of hydrogen-bond acceptors (Lipinski definition) is 4. The second kappa shape index (κ2) is 10.7. The van der Waals surface area contributed by atoms with Gasteiger partial charge >= 0.3 is 24.6 Å². The normalized spacial score (nSPS) is 18.1. The van der Waals surface area contributed by atoms with Gasteiger partial charge in [0.25, 0.3) is 0 Å². The van der Waals surface area contributed by atoms with E-state index in [1.165, 1.54) is 6.92 Å². The van der Waals surface area contributed by atoms with E-state index in [0.29, 0.717) is 19.1 Å². The standard InChI is InChI=1S/C25H23F9N2O3/c1-4-39-22(38)36-12(2)7-19(16-10-15(23(26,27)28)5-6-20(16)36)35-11-14-8-17(24(29,30)31)21(13(3)37)18(9-14)25(32,33)34/h5-6,8-10,12,19,35H,4,7,11H2,1-3H3. The summed E-state index contributed by atoms with van der Waals surface area (Å²) in [6, 6.07) is 1.76. The predicted octanol–water partition coefficient (Wildman–Crippen LogP) is 7.53. The van der Waals surface area contributed by atoms with Crippen molar-refractivity contribution in [3.63, 3.8) is 0 Å². The van der Waals surface area contributed by atoms with Crippen LogP contribution in [0, 0.1) is 0 Å². The number of halogens is 9. The first-order valence-electron chi connectivity index (χ1n) is 11.6. The van der Waals surface area contributed by atoms with Gasteiger partial charge in [-0.05, 0) is 68.7 Å². The Hall–Kier alpha value is -3.29. The summed E-state index contributed by atoms with van der Waals surface area (Å²) >= 11 is 0. The van der Waals surface area contributed by atoms with Crippen molar-refractivity contribution in [3.05, 3.63) is 63.7 Å². The molecule has 0 radical (unpaired) electrons. The van der Waals surface area contributed by atoms with Crippen LogP contribution in [0.2, 0.25) is 0 Å². The van der Waals surface area contributed by atoms with Gasteiger partial charge in [0.15, 0.2) is 5.78 Å². The second-order valence-corrected chi connectivity index (χ2v) is 8.98. The summed E-state index contributed by atoms with van der Waals surface area (Å²) in [7, 11) is 0. The number of ether oxygens (including phenoxy) is 1. The molecule has 1 heterocycles. The highest BCUT2D eigenvalue weighted by atomic mass is 19.4. The smallest absolute Gasteiger partial charge is 0.417 e. The van der Waals surface area contributed by atoms with E-state index in [2.05, 4.69) is 5.32 Å². The van der Waals surface area contributed by atoms with E-state index < -0.39 is 76.9 Å². The Balaban J connectivity index is 2.07. The number of carbonyl (C=O) groups excluding carboxylic acids is 2. The third-order valence-electron chi connectivity index (χ3n) is 6.19. The third-order valence-corrected chi connectivity index (χ3v) is 6.19. The summed E-state index contributed by atoms with van der Waals surface area (Å²) in [4.78, 5) is 25.4. The summed E-state index contributed by atoms with van der Waals surface area (Å²) < 4.78 is 127. The monoisotopic (exact) mass is 570 g/mol. The van der Waals surface area contributed by atoms with Crippen LogP contribution in [0.5, 0.6) is 0 Å². The summed E-state index contributed by atoms with van der Waals surface area (Å²) in [6.45, 7) is 3.06. The maximum absolute atomic E-state index is 13.6. The molecule has 1 aliphatic rings. The van der Waals surface area contributed by atoms with Crippen LogP contribution in [0.15, 0.2) is 30.3 Å². The van der Waals surface area contributed by atoms with Gasteiger partial charge in [0.1, 0.15) is 0 Å². The third kappa shape index (κ3) is 6.48. The highest BCUT2D eigenvalue weighted by Crippen LogP contribution is 2.43. The van der Waals surface area contributed by atoms with Gasteiger partial charge in [-0.2, -0.15) is 39.5 Å². The summed E-state index contributed by atoms with van der Waals surface area (Å²) in [6.07, 6.45) is -16.2. The number of nitrogens with one attached hydrogen (secondary N) is 1. The van der Waals surface area contributed by atoms with Gasteiger partial charge in [0.05, 0.1) is 29.0 Å². The first-order chi connectivity index (χ1) is 17.9. The summed E-state index contributed by atoms with van der Waals surface area (Å²) in [5, 5.41) is 2.73. The van der Waals surface area contributed by atoms with Gasteiger partial charge in [0.2, 0.25) is 0 Å². The molecular weight excluding hydrogens is 547 g/mol. The Labute approximate surface area is 216 Å². The van der Waals surface area contributed by atoms with E-state index in [4.69, 9.17) is 4.74 Å². The molecule has 39 heavy (non-hydrogen) atoms. The highest BCUT2D eigenvalue weighted by Gasteiger charge is 2.43. The van der Waals surface area contributed by atoms with Crippen LogP contribution in [0.1, 0.15) is 71.4 Å². The molecule has 1 aliphatic heterocycles. The van der Waals surface area contributed by atoms with Crippen molar-refractivity contribution in [2.24, 2.45) is 0 Å². The van der Waals surface area contributed by atoms with E-state index in [1.54, 1.807) is 6.92 Å². The minimum absolute atomic E-state index is 0.0148. The fraction of sp³-hybridized carbons (Fsp3) is 0.440. The zero-order valence-electron chi connectivity index (χ0n) is 20.7. The molecule has 0 spiro atoms. The van der Waals surface area contributed by atoms with Crippen molar-refractivity contribution in [2.45, 2.75) is 64.3 Å². The molecule has 214 valence electrons. The molecule has 1 amide bonds. The quantitative estimate of drug-likeness (QED) is 0.298. The second-order valence-electron chi connectivity index (χ2n) is 8.98. The maximum atomic E-state index is 13.6. The van der Waals surface area contributed by atoms with Crippen LogP contribution in [0.4, 0.5) is 50.0 Å². The van der Waals surface area contributed by atoms with E-state index in [9.17, 15) is 49.1 Å². The zero-order chi connectivity index (χ0) is 29.5. The topological polar surface area (TPSA) is 58.6 Å². The molecule has 0 saturated heterocycles. The van der Waals surface area contributed by atoms with Gasteiger partial charge in [-0.1, -0.05) is 0 Å². The predicted molar refractivity (Wildman–Crippen MR) is 121 cm³/mol. The van der Waals surface area contributed by atoms with E-state index in [0.717, 1.165) is 23.1 Å². The van der Waals surface area contributed by atoms with Gasteiger partial charge < -0.3 is 10.1 Å². The maximum Gasteiger partial charge on any atom is 0.417 e. The molecule has 2 atom stereocenters. The molecule has 2 aromatic rings. The molecule has 0 fully saturated rings. The van der Waals surface area contributed by atoms with Crippen LogP contribution in [-0.4, -0.2) is 24.5 Å². The highest BCUT2D eigenvalue weighted by molar-refractivity contribution is 5.97. The number of benzene rings is 2. The molecule has 14 heteroatoms. The van der Waals surface area contributed by atoms with Gasteiger partial charge in [-0.3, -0.25) is 9.69 Å². The molecule has 5 nitrogen and oxygen atoms in total. The molecule has 0 aliphatic carbocycles. The Morgan fingerprint density at radius 1 is 0.949 bits per heavy atom. The lowest BCUT2D eigenvalue weighted by molar-refractivity contribution is -0.144. The van der Waals surface area contributed by atoms with Crippen molar-refractivity contribution in [1.29, 1.82) is 0 Å². The Morgan fingerprint density at radius 3 is 1.97 bits per heavy atom. The fourth-order valence-electron chi connectivity index (χ4n) is 4.58. The van der Waals surface area contributed by atoms with E-state index in [1.807, 2.05) is 0 Å². The molecule has 2 unspecified atom stereocenters. The number of carbonyl (C=O) groups is 2.